The minimum absolute atomic E-state index is 0.165. The molecule has 1 aliphatic rings. The largest absolute Gasteiger partial charge is 0.340 e. The van der Waals surface area contributed by atoms with Crippen molar-refractivity contribution in [3.8, 4) is 0 Å². The van der Waals surface area contributed by atoms with E-state index in [9.17, 15) is 4.79 Å². The molecule has 1 aromatic carbocycles. The number of amides is 1. The Balaban J connectivity index is 1.96. The van der Waals surface area contributed by atoms with Crippen LogP contribution in [-0.4, -0.2) is 37.0 Å². The summed E-state index contributed by atoms with van der Waals surface area (Å²) in [5.41, 5.74) is 1.76. The normalized spacial score (nSPS) is 15.6. The van der Waals surface area contributed by atoms with E-state index in [1.165, 1.54) is 0 Å². The second-order valence-electron chi connectivity index (χ2n) is 4.21. The van der Waals surface area contributed by atoms with E-state index in [0.29, 0.717) is 12.2 Å². The summed E-state index contributed by atoms with van der Waals surface area (Å²) >= 11 is 3.38. The molecular formula is C13H14BrN3O. The van der Waals surface area contributed by atoms with Gasteiger partial charge in [-0.1, -0.05) is 34.1 Å². The predicted molar refractivity (Wildman–Crippen MR) is 73.6 cm³/mol. The van der Waals surface area contributed by atoms with Gasteiger partial charge in [0.2, 0.25) is 11.6 Å². The van der Waals surface area contributed by atoms with E-state index in [1.54, 1.807) is 0 Å². The van der Waals surface area contributed by atoms with Crippen molar-refractivity contribution < 1.29 is 4.79 Å². The van der Waals surface area contributed by atoms with Gasteiger partial charge in [-0.05, 0) is 12.0 Å². The van der Waals surface area contributed by atoms with Crippen LogP contribution in [0.1, 0.15) is 5.56 Å². The van der Waals surface area contributed by atoms with E-state index in [4.69, 9.17) is 6.57 Å². The molecule has 2 rings (SSSR count). The third-order valence-corrected chi connectivity index (χ3v) is 3.63. The average Bonchev–Trinajstić information content (AvgIpc) is 2.38. The number of hydrogen-bond acceptors (Lipinski definition) is 2. The van der Waals surface area contributed by atoms with Crippen molar-refractivity contribution in [1.82, 2.24) is 10.2 Å². The molecule has 1 aromatic rings. The first-order chi connectivity index (χ1) is 8.70. The van der Waals surface area contributed by atoms with Crippen LogP contribution in [0.5, 0.6) is 0 Å². The van der Waals surface area contributed by atoms with Crippen LogP contribution in [-0.2, 0) is 11.2 Å². The van der Waals surface area contributed by atoms with Crippen LogP contribution in [0.3, 0.4) is 0 Å². The summed E-state index contributed by atoms with van der Waals surface area (Å²) in [5, 5.41) is 3.05. The molecular weight excluding hydrogens is 294 g/mol. The van der Waals surface area contributed by atoms with Gasteiger partial charge in [0.05, 0.1) is 13.1 Å². The zero-order valence-corrected chi connectivity index (χ0v) is 11.5. The minimum Gasteiger partial charge on any atom is -0.340 e. The Bertz CT molecular complexity index is 495. The van der Waals surface area contributed by atoms with Gasteiger partial charge in [0.15, 0.2) is 0 Å². The number of benzene rings is 1. The molecule has 0 radical (unpaired) electrons. The van der Waals surface area contributed by atoms with Crippen LogP contribution < -0.4 is 5.32 Å². The summed E-state index contributed by atoms with van der Waals surface area (Å²) in [4.78, 5) is 16.9. The lowest BCUT2D eigenvalue weighted by atomic mass is 10.1. The molecule has 0 bridgehead atoms. The van der Waals surface area contributed by atoms with E-state index >= 15 is 0 Å². The third-order valence-electron chi connectivity index (χ3n) is 2.99. The Morgan fingerprint density at radius 2 is 2.33 bits per heavy atom. The highest BCUT2D eigenvalue weighted by molar-refractivity contribution is 9.10. The van der Waals surface area contributed by atoms with Crippen LogP contribution in [0.4, 0.5) is 5.69 Å². The molecule has 0 spiro atoms. The summed E-state index contributed by atoms with van der Waals surface area (Å²) in [6.45, 7) is 9.81. The first kappa shape index (κ1) is 13.1. The number of hydrogen-bond donors (Lipinski definition) is 1. The number of carbonyl (C=O) groups is 1. The lowest BCUT2D eigenvalue weighted by Gasteiger charge is -2.27. The Labute approximate surface area is 115 Å². The summed E-state index contributed by atoms with van der Waals surface area (Å²) in [6, 6.07) is 5.72. The lowest BCUT2D eigenvalue weighted by molar-refractivity contribution is -0.131. The maximum atomic E-state index is 11.6. The number of halogens is 1. The van der Waals surface area contributed by atoms with Gasteiger partial charge in [0.1, 0.15) is 0 Å². The molecule has 1 aliphatic heterocycles. The average molecular weight is 308 g/mol. The number of rotatable bonds is 3. The third kappa shape index (κ3) is 3.09. The van der Waals surface area contributed by atoms with Crippen LogP contribution in [0.2, 0.25) is 0 Å². The molecule has 4 nitrogen and oxygen atoms in total. The summed E-state index contributed by atoms with van der Waals surface area (Å²) in [7, 11) is 0. The van der Waals surface area contributed by atoms with Crippen LogP contribution in [0, 0.1) is 6.57 Å². The molecule has 94 valence electrons. The van der Waals surface area contributed by atoms with Gasteiger partial charge in [-0.25, -0.2) is 4.85 Å². The fourth-order valence-corrected chi connectivity index (χ4v) is 2.46. The topological polar surface area (TPSA) is 36.7 Å². The Kier molecular flexibility index (Phi) is 4.34. The highest BCUT2D eigenvalue weighted by Gasteiger charge is 2.16. The number of nitrogens with one attached hydrogen (secondary N) is 1. The van der Waals surface area contributed by atoms with Gasteiger partial charge >= 0.3 is 0 Å². The monoisotopic (exact) mass is 307 g/mol. The van der Waals surface area contributed by atoms with Crippen molar-refractivity contribution in [3.05, 3.63) is 39.7 Å². The maximum absolute atomic E-state index is 11.6. The van der Waals surface area contributed by atoms with Crippen LogP contribution in [0.25, 0.3) is 4.85 Å². The van der Waals surface area contributed by atoms with Gasteiger partial charge in [-0.15, -0.1) is 0 Å². The van der Waals surface area contributed by atoms with Crippen LogP contribution >= 0.6 is 15.9 Å². The van der Waals surface area contributed by atoms with E-state index in [0.717, 1.165) is 36.1 Å². The molecule has 1 heterocycles. The van der Waals surface area contributed by atoms with Crippen molar-refractivity contribution in [1.29, 1.82) is 0 Å². The molecule has 0 aromatic heterocycles. The molecule has 0 saturated carbocycles. The highest BCUT2D eigenvalue weighted by Crippen LogP contribution is 2.26. The molecule has 0 aliphatic carbocycles. The van der Waals surface area contributed by atoms with Crippen molar-refractivity contribution in [2.45, 2.75) is 6.42 Å². The van der Waals surface area contributed by atoms with E-state index in [1.807, 2.05) is 23.1 Å². The molecule has 1 saturated heterocycles. The SMILES string of the molecule is [C-]#[N+]c1ccc(CCN2CCNCC2=O)cc1Br. The zero-order valence-electron chi connectivity index (χ0n) is 9.95. The fourth-order valence-electron chi connectivity index (χ4n) is 1.94. The van der Waals surface area contributed by atoms with Gasteiger partial charge in [-0.2, -0.15) is 0 Å². The maximum Gasteiger partial charge on any atom is 0.236 e. The zero-order chi connectivity index (χ0) is 13.0. The van der Waals surface area contributed by atoms with Crippen molar-refractivity contribution in [2.75, 3.05) is 26.2 Å². The van der Waals surface area contributed by atoms with E-state index < -0.39 is 0 Å². The summed E-state index contributed by atoms with van der Waals surface area (Å²) in [5.74, 6) is 0.165. The minimum atomic E-state index is 0.165. The quantitative estimate of drug-likeness (QED) is 0.867. The number of nitrogens with zero attached hydrogens (tertiary/aromatic N) is 2. The Morgan fingerprint density at radius 3 is 3.00 bits per heavy atom. The molecule has 5 heteroatoms. The standard InChI is InChI=1S/C13H14BrN3O/c1-15-12-3-2-10(8-11(12)14)4-6-17-7-5-16-9-13(17)18/h2-3,8,16H,4-7,9H2. The molecule has 0 unspecified atom stereocenters. The van der Waals surface area contributed by atoms with Gasteiger partial charge in [0, 0.05) is 24.1 Å². The Hall–Kier alpha value is -1.38. The predicted octanol–water partition coefficient (Wildman–Crippen LogP) is 1.97. The van der Waals surface area contributed by atoms with Crippen LogP contribution in [0.15, 0.2) is 22.7 Å². The van der Waals surface area contributed by atoms with E-state index in [2.05, 4.69) is 26.1 Å². The van der Waals surface area contributed by atoms with Gasteiger partial charge < -0.3 is 10.2 Å². The van der Waals surface area contributed by atoms with Gasteiger partial charge in [0.25, 0.3) is 0 Å². The van der Waals surface area contributed by atoms with Crippen molar-refractivity contribution >= 4 is 27.5 Å². The second-order valence-corrected chi connectivity index (χ2v) is 5.06. The van der Waals surface area contributed by atoms with Crippen molar-refractivity contribution in [3.63, 3.8) is 0 Å². The molecule has 0 atom stereocenters. The Morgan fingerprint density at radius 1 is 1.50 bits per heavy atom. The highest BCUT2D eigenvalue weighted by atomic mass is 79.9. The lowest BCUT2D eigenvalue weighted by Crippen LogP contribution is -2.48. The van der Waals surface area contributed by atoms with Gasteiger partial charge in [-0.3, -0.25) is 4.79 Å². The van der Waals surface area contributed by atoms with E-state index in [-0.39, 0.29) is 5.91 Å². The molecule has 18 heavy (non-hydrogen) atoms. The first-order valence-corrected chi connectivity index (χ1v) is 6.64. The number of carbonyl (C=O) groups excluding carboxylic acids is 1. The fraction of sp³-hybridized carbons (Fsp3) is 0.385. The molecule has 1 N–H and O–H groups in total. The summed E-state index contributed by atoms with van der Waals surface area (Å²) < 4.78 is 0.821. The molecule has 1 amide bonds. The smallest absolute Gasteiger partial charge is 0.236 e. The van der Waals surface area contributed by atoms with Crippen molar-refractivity contribution in [2.24, 2.45) is 0 Å². The first-order valence-electron chi connectivity index (χ1n) is 5.85. The number of piperazine rings is 1. The summed E-state index contributed by atoms with van der Waals surface area (Å²) in [6.07, 6.45) is 0.822. The molecule has 1 fully saturated rings. The second kappa shape index (κ2) is 5.98.